The third-order valence-electron chi connectivity index (χ3n) is 4.82. The van der Waals surface area contributed by atoms with Crippen molar-refractivity contribution in [3.8, 4) is 11.3 Å². The summed E-state index contributed by atoms with van der Waals surface area (Å²) in [5.41, 5.74) is 1.73. The van der Waals surface area contributed by atoms with Gasteiger partial charge >= 0.3 is 6.18 Å². The van der Waals surface area contributed by atoms with E-state index in [2.05, 4.69) is 0 Å². The summed E-state index contributed by atoms with van der Waals surface area (Å²) in [4.78, 5) is 14.9. The van der Waals surface area contributed by atoms with Crippen molar-refractivity contribution in [2.45, 2.75) is 12.6 Å². The molecule has 0 fully saturated rings. The van der Waals surface area contributed by atoms with Gasteiger partial charge in [0.15, 0.2) is 0 Å². The van der Waals surface area contributed by atoms with Gasteiger partial charge < -0.3 is 4.90 Å². The highest BCUT2D eigenvalue weighted by molar-refractivity contribution is 6.16. The molecule has 0 amide bonds. The Labute approximate surface area is 148 Å². The van der Waals surface area contributed by atoms with Gasteiger partial charge in [0.05, 0.1) is 16.8 Å². The molecule has 0 saturated heterocycles. The molecular formula is C20H17F3N2O. The van der Waals surface area contributed by atoms with E-state index in [0.29, 0.717) is 35.2 Å². The van der Waals surface area contributed by atoms with Gasteiger partial charge in [0.2, 0.25) is 0 Å². The topological polar surface area (TPSA) is 25.2 Å². The van der Waals surface area contributed by atoms with Crippen LogP contribution in [0.2, 0.25) is 0 Å². The largest absolute Gasteiger partial charge is 0.418 e. The van der Waals surface area contributed by atoms with Crippen molar-refractivity contribution in [2.24, 2.45) is 0 Å². The van der Waals surface area contributed by atoms with Crippen LogP contribution >= 0.6 is 0 Å². The second-order valence-corrected chi connectivity index (χ2v) is 6.77. The van der Waals surface area contributed by atoms with E-state index in [9.17, 15) is 18.0 Å². The highest BCUT2D eigenvalue weighted by Gasteiger charge is 2.39. The van der Waals surface area contributed by atoms with Gasteiger partial charge in [-0.15, -0.1) is 0 Å². The molecular weight excluding hydrogens is 341 g/mol. The third kappa shape index (κ3) is 2.36. The Morgan fingerprint density at radius 2 is 1.69 bits per heavy atom. The van der Waals surface area contributed by atoms with Crippen LogP contribution in [0.25, 0.3) is 22.2 Å². The Bertz CT molecular complexity index is 1030. The monoisotopic (exact) mass is 358 g/mol. The predicted octanol–water partition coefficient (Wildman–Crippen LogP) is 4.43. The number of benzene rings is 2. The number of para-hydroxylation sites is 1. The predicted molar refractivity (Wildman–Crippen MR) is 94.4 cm³/mol. The van der Waals surface area contributed by atoms with Gasteiger partial charge in [0.25, 0.3) is 5.91 Å². The maximum absolute atomic E-state index is 13.6. The van der Waals surface area contributed by atoms with Gasteiger partial charge in [-0.1, -0.05) is 30.3 Å². The van der Waals surface area contributed by atoms with Crippen LogP contribution in [0.4, 0.5) is 13.2 Å². The molecule has 134 valence electrons. The number of likely N-dealkylation sites (N-methyl/N-ethyl adjacent to an activating group) is 1. The van der Waals surface area contributed by atoms with Crippen molar-refractivity contribution in [3.05, 3.63) is 59.2 Å². The number of rotatable bonds is 3. The van der Waals surface area contributed by atoms with Gasteiger partial charge in [-0.2, -0.15) is 13.2 Å². The van der Waals surface area contributed by atoms with Gasteiger partial charge in [0.1, 0.15) is 0 Å². The van der Waals surface area contributed by atoms with Crippen LogP contribution < -0.4 is 0 Å². The summed E-state index contributed by atoms with van der Waals surface area (Å²) in [5, 5.41) is 0.500. The molecule has 3 nitrogen and oxygen atoms in total. The van der Waals surface area contributed by atoms with Crippen LogP contribution in [-0.4, -0.2) is 36.0 Å². The summed E-state index contributed by atoms with van der Waals surface area (Å²) in [5.74, 6) is -0.395. The second-order valence-electron chi connectivity index (χ2n) is 6.77. The van der Waals surface area contributed by atoms with Gasteiger partial charge in [0, 0.05) is 23.1 Å². The molecule has 0 aliphatic carbocycles. The van der Waals surface area contributed by atoms with Crippen LogP contribution in [0.1, 0.15) is 21.5 Å². The van der Waals surface area contributed by atoms with E-state index in [1.807, 2.05) is 19.0 Å². The first kappa shape index (κ1) is 16.8. The Morgan fingerprint density at radius 1 is 1.00 bits per heavy atom. The Morgan fingerprint density at radius 3 is 2.35 bits per heavy atom. The van der Waals surface area contributed by atoms with E-state index in [-0.39, 0.29) is 5.52 Å². The van der Waals surface area contributed by atoms with E-state index in [1.165, 1.54) is 10.6 Å². The lowest BCUT2D eigenvalue weighted by molar-refractivity contribution is -0.136. The fourth-order valence-corrected chi connectivity index (χ4v) is 3.70. The lowest BCUT2D eigenvalue weighted by Crippen LogP contribution is -2.15. The molecule has 26 heavy (non-hydrogen) atoms. The minimum Gasteiger partial charge on any atom is -0.309 e. The molecule has 0 radical (unpaired) electrons. The Kier molecular flexibility index (Phi) is 3.70. The van der Waals surface area contributed by atoms with Crippen molar-refractivity contribution in [1.29, 1.82) is 0 Å². The summed E-state index contributed by atoms with van der Waals surface area (Å²) in [6, 6.07) is 11.1. The summed E-state index contributed by atoms with van der Waals surface area (Å²) < 4.78 is 42.2. The van der Waals surface area contributed by atoms with Crippen LogP contribution in [-0.2, 0) is 12.6 Å². The summed E-state index contributed by atoms with van der Waals surface area (Å²) in [6.45, 7) is 0.679. The van der Waals surface area contributed by atoms with Crippen LogP contribution in [0, 0.1) is 0 Å². The lowest BCUT2D eigenvalue weighted by atomic mass is 9.99. The first-order valence-corrected chi connectivity index (χ1v) is 8.33. The molecule has 0 N–H and O–H groups in total. The molecule has 3 aromatic rings. The van der Waals surface area contributed by atoms with Crippen molar-refractivity contribution >= 4 is 16.8 Å². The molecule has 0 spiro atoms. The Balaban J connectivity index is 2.10. The number of aromatic nitrogens is 1. The molecule has 2 aromatic carbocycles. The first-order valence-electron chi connectivity index (χ1n) is 8.33. The van der Waals surface area contributed by atoms with E-state index < -0.39 is 17.6 Å². The van der Waals surface area contributed by atoms with Gasteiger partial charge in [-0.05, 0) is 38.2 Å². The fourth-order valence-electron chi connectivity index (χ4n) is 3.70. The molecule has 2 heterocycles. The minimum atomic E-state index is -4.53. The van der Waals surface area contributed by atoms with Gasteiger partial charge in [-0.3, -0.25) is 9.36 Å². The zero-order valence-corrected chi connectivity index (χ0v) is 14.4. The average molecular weight is 358 g/mol. The fraction of sp³-hybridized carbons (Fsp3) is 0.250. The van der Waals surface area contributed by atoms with Crippen molar-refractivity contribution < 1.29 is 18.0 Å². The highest BCUT2D eigenvalue weighted by Crippen LogP contribution is 2.45. The molecule has 0 bridgehead atoms. The number of halogens is 3. The molecule has 4 rings (SSSR count). The normalized spacial score (nSPS) is 13.5. The number of hydrogen-bond acceptors (Lipinski definition) is 2. The van der Waals surface area contributed by atoms with E-state index >= 15 is 0 Å². The van der Waals surface area contributed by atoms with Crippen molar-refractivity contribution in [2.75, 3.05) is 20.6 Å². The minimum absolute atomic E-state index is 0.0371. The molecule has 1 aliphatic rings. The number of nitrogens with zero attached hydrogens (tertiary/aromatic N) is 2. The van der Waals surface area contributed by atoms with Crippen LogP contribution in [0.15, 0.2) is 42.5 Å². The average Bonchev–Trinajstić information content (AvgIpc) is 3.06. The number of hydrogen-bond donors (Lipinski definition) is 0. The number of carbonyl (C=O) groups excluding carboxylic acids is 1. The zero-order valence-electron chi connectivity index (χ0n) is 14.4. The van der Waals surface area contributed by atoms with E-state index in [0.717, 1.165) is 11.6 Å². The maximum Gasteiger partial charge on any atom is 0.418 e. The Hall–Kier alpha value is -2.60. The molecule has 0 saturated carbocycles. The molecule has 1 aromatic heterocycles. The molecule has 0 atom stereocenters. The quantitative estimate of drug-likeness (QED) is 0.541. The summed E-state index contributed by atoms with van der Waals surface area (Å²) in [7, 11) is 3.83. The third-order valence-corrected chi connectivity index (χ3v) is 4.82. The SMILES string of the molecule is CN(C)CCc1c2n(c3c(C(F)(F)F)cccc13)C(=O)c1ccccc1-2. The molecule has 6 heteroatoms. The van der Waals surface area contributed by atoms with Crippen LogP contribution in [0.5, 0.6) is 0 Å². The molecule has 0 unspecified atom stereocenters. The lowest BCUT2D eigenvalue weighted by Gasteiger charge is -2.11. The summed E-state index contributed by atoms with van der Waals surface area (Å²) in [6.07, 6.45) is -3.96. The number of alkyl halides is 3. The van der Waals surface area contributed by atoms with E-state index in [4.69, 9.17) is 0 Å². The second kappa shape index (κ2) is 5.71. The van der Waals surface area contributed by atoms with Crippen LogP contribution in [0.3, 0.4) is 0 Å². The number of carbonyl (C=O) groups is 1. The van der Waals surface area contributed by atoms with E-state index in [1.54, 1.807) is 30.3 Å². The first-order chi connectivity index (χ1) is 12.3. The zero-order chi connectivity index (χ0) is 18.6. The van der Waals surface area contributed by atoms with Crippen molar-refractivity contribution in [1.82, 2.24) is 9.47 Å². The summed E-state index contributed by atoms with van der Waals surface area (Å²) >= 11 is 0. The standard InChI is InChI=1S/C20H17F3N2O/c1-24(2)11-10-14-12-8-5-9-16(20(21,22)23)18(12)25-17(14)13-6-3-4-7-15(13)19(25)26/h3-9H,10-11H2,1-2H3. The van der Waals surface area contributed by atoms with Gasteiger partial charge in [-0.25, -0.2) is 0 Å². The smallest absolute Gasteiger partial charge is 0.309 e. The maximum atomic E-state index is 13.6. The molecule has 1 aliphatic heterocycles. The number of fused-ring (bicyclic) bond motifs is 5. The van der Waals surface area contributed by atoms with Crippen molar-refractivity contribution in [3.63, 3.8) is 0 Å². The highest BCUT2D eigenvalue weighted by atomic mass is 19.4.